The van der Waals surface area contributed by atoms with Gasteiger partial charge in [-0.2, -0.15) is 0 Å². The molecule has 0 saturated carbocycles. The maximum atomic E-state index is 11.2. The van der Waals surface area contributed by atoms with Gasteiger partial charge in [0.1, 0.15) is 0 Å². The van der Waals surface area contributed by atoms with E-state index in [-0.39, 0.29) is 11.4 Å². The maximum Gasteiger partial charge on any atom is 0.377 e. The Balaban J connectivity index is 2.20. The first-order chi connectivity index (χ1) is 11.5. The van der Waals surface area contributed by atoms with Gasteiger partial charge < -0.3 is 5.11 Å². The number of benzene rings is 2. The first-order valence-corrected chi connectivity index (χ1v) is 6.76. The lowest BCUT2D eigenvalue weighted by atomic mass is 10.2. The number of hydrogen-bond donors (Lipinski definition) is 2. The van der Waals surface area contributed by atoms with Crippen molar-refractivity contribution < 1.29 is 14.8 Å². The molecule has 0 fully saturated rings. The second kappa shape index (κ2) is 7.58. The van der Waals surface area contributed by atoms with Gasteiger partial charge in [-0.05, 0) is 24.6 Å². The Morgan fingerprint density at radius 1 is 1.21 bits per heavy atom. The number of non-ortho nitro benzene ring substituents is 1. The van der Waals surface area contributed by atoms with E-state index in [0.29, 0.717) is 5.69 Å². The number of nitro groups is 1. The molecular weight excluding hydrogens is 314 g/mol. The van der Waals surface area contributed by atoms with Gasteiger partial charge in [-0.1, -0.05) is 24.3 Å². The maximum absolute atomic E-state index is 11.2. The molecule has 0 amide bonds. The molecule has 0 aromatic heterocycles. The average Bonchev–Trinajstić information content (AvgIpc) is 2.56. The van der Waals surface area contributed by atoms with Crippen LogP contribution in [0.4, 0.5) is 17.1 Å². The molecule has 2 aromatic carbocycles. The van der Waals surface area contributed by atoms with E-state index in [1.54, 1.807) is 12.1 Å². The molecule has 0 bridgehead atoms. The lowest BCUT2D eigenvalue weighted by Gasteiger charge is -2.01. The summed E-state index contributed by atoms with van der Waals surface area (Å²) in [6, 6.07) is 12.6. The largest absolute Gasteiger partial charge is 0.475 e. The second-order valence-corrected chi connectivity index (χ2v) is 4.65. The van der Waals surface area contributed by atoms with Crippen molar-refractivity contribution in [3.05, 3.63) is 64.2 Å². The van der Waals surface area contributed by atoms with Crippen LogP contribution in [0.5, 0.6) is 0 Å². The van der Waals surface area contributed by atoms with Gasteiger partial charge in [0, 0.05) is 12.1 Å². The van der Waals surface area contributed by atoms with Crippen LogP contribution in [0.15, 0.2) is 63.9 Å². The van der Waals surface area contributed by atoms with Crippen LogP contribution in [0, 0.1) is 17.0 Å². The van der Waals surface area contributed by atoms with Crippen LogP contribution in [0.2, 0.25) is 0 Å². The molecule has 0 atom stereocenters. The quantitative estimate of drug-likeness (QED) is 0.292. The monoisotopic (exact) mass is 327 g/mol. The third kappa shape index (κ3) is 4.44. The Kier molecular flexibility index (Phi) is 5.29. The molecule has 2 rings (SSSR count). The highest BCUT2D eigenvalue weighted by Gasteiger charge is 2.10. The van der Waals surface area contributed by atoms with Gasteiger partial charge in [-0.25, -0.2) is 4.79 Å². The Morgan fingerprint density at radius 3 is 2.62 bits per heavy atom. The average molecular weight is 327 g/mol. The number of aliphatic carboxylic acids is 1. The predicted octanol–water partition coefficient (Wildman–Crippen LogP) is 3.50. The van der Waals surface area contributed by atoms with E-state index in [0.717, 1.165) is 5.56 Å². The van der Waals surface area contributed by atoms with Crippen molar-refractivity contribution in [2.75, 3.05) is 5.43 Å². The molecule has 0 radical (unpaired) electrons. The van der Waals surface area contributed by atoms with Crippen LogP contribution in [-0.4, -0.2) is 21.8 Å². The summed E-state index contributed by atoms with van der Waals surface area (Å²) >= 11 is 0. The number of anilines is 1. The van der Waals surface area contributed by atoms with E-state index >= 15 is 0 Å². The van der Waals surface area contributed by atoms with Crippen molar-refractivity contribution in [2.45, 2.75) is 6.92 Å². The molecule has 0 spiro atoms. The zero-order valence-electron chi connectivity index (χ0n) is 12.6. The van der Waals surface area contributed by atoms with Gasteiger partial charge in [-0.15, -0.1) is 15.3 Å². The summed E-state index contributed by atoms with van der Waals surface area (Å²) in [7, 11) is 0. The highest BCUT2D eigenvalue weighted by molar-refractivity contribution is 6.34. The number of hydrogen-bond acceptors (Lipinski definition) is 6. The number of carbonyl (C=O) groups is 1. The Bertz CT molecular complexity index is 832. The molecule has 9 nitrogen and oxygen atoms in total. The first kappa shape index (κ1) is 16.7. The van der Waals surface area contributed by atoms with Crippen molar-refractivity contribution in [2.24, 2.45) is 15.3 Å². The summed E-state index contributed by atoms with van der Waals surface area (Å²) in [5.74, 6) is -1.96. The molecule has 0 saturated heterocycles. The van der Waals surface area contributed by atoms with Crippen LogP contribution < -0.4 is 5.43 Å². The van der Waals surface area contributed by atoms with E-state index in [4.69, 9.17) is 5.11 Å². The smallest absolute Gasteiger partial charge is 0.377 e. The van der Waals surface area contributed by atoms with E-state index in [1.165, 1.54) is 24.3 Å². The van der Waals surface area contributed by atoms with Gasteiger partial charge in [0.25, 0.3) is 11.5 Å². The minimum atomic E-state index is -1.38. The summed E-state index contributed by atoms with van der Waals surface area (Å²) in [6.45, 7) is 1.81. The van der Waals surface area contributed by atoms with Gasteiger partial charge >= 0.3 is 5.97 Å². The number of carboxylic acid groups (broad SMARTS) is 1. The second-order valence-electron chi connectivity index (χ2n) is 4.65. The number of carboxylic acids is 1. The van der Waals surface area contributed by atoms with Crippen LogP contribution in [0.25, 0.3) is 0 Å². The van der Waals surface area contributed by atoms with E-state index in [9.17, 15) is 14.9 Å². The minimum absolute atomic E-state index is 0.145. The number of nitrogens with one attached hydrogen (secondary N) is 1. The molecule has 0 aliphatic heterocycles. The number of nitro benzene ring substituents is 1. The highest BCUT2D eigenvalue weighted by Crippen LogP contribution is 2.18. The van der Waals surface area contributed by atoms with Gasteiger partial charge in [0.05, 0.1) is 16.3 Å². The minimum Gasteiger partial charge on any atom is -0.475 e. The molecule has 24 heavy (non-hydrogen) atoms. The third-order valence-electron chi connectivity index (χ3n) is 2.91. The van der Waals surface area contributed by atoms with Crippen LogP contribution >= 0.6 is 0 Å². The fraction of sp³-hybridized carbons (Fsp3) is 0.0667. The van der Waals surface area contributed by atoms with E-state index < -0.39 is 16.7 Å². The summed E-state index contributed by atoms with van der Waals surface area (Å²) in [4.78, 5) is 21.3. The van der Waals surface area contributed by atoms with Crippen molar-refractivity contribution >= 4 is 28.9 Å². The molecule has 0 aliphatic carbocycles. The van der Waals surface area contributed by atoms with Gasteiger partial charge in [-0.3, -0.25) is 15.5 Å². The van der Waals surface area contributed by atoms with Crippen LogP contribution in [-0.2, 0) is 4.79 Å². The normalized spacial score (nSPS) is 11.5. The lowest BCUT2D eigenvalue weighted by molar-refractivity contribution is -0.384. The van der Waals surface area contributed by atoms with Gasteiger partial charge in [0.15, 0.2) is 0 Å². The van der Waals surface area contributed by atoms with Crippen LogP contribution in [0.1, 0.15) is 5.56 Å². The highest BCUT2D eigenvalue weighted by atomic mass is 16.6. The molecule has 0 aliphatic rings. The fourth-order valence-corrected chi connectivity index (χ4v) is 1.70. The molecule has 0 heterocycles. The van der Waals surface area contributed by atoms with Crippen molar-refractivity contribution in [1.82, 2.24) is 0 Å². The standard InChI is InChI=1S/C15H13N5O4/c1-10-5-2-3-8-13(10)17-19-14(15(21)22)18-16-11-6-4-7-12(9-11)20(23)24/h2-9,16H,1H3,(H,21,22). The topological polar surface area (TPSA) is 130 Å². The molecular formula is C15H13N5O4. The van der Waals surface area contributed by atoms with Gasteiger partial charge in [0.2, 0.25) is 0 Å². The molecule has 2 N–H and O–H groups in total. The number of rotatable bonds is 4. The summed E-state index contributed by atoms with van der Waals surface area (Å²) in [5, 5.41) is 30.9. The number of hydrazone groups is 1. The molecule has 2 aromatic rings. The van der Waals surface area contributed by atoms with Crippen LogP contribution in [0.3, 0.4) is 0 Å². The van der Waals surface area contributed by atoms with Crippen molar-refractivity contribution in [3.63, 3.8) is 0 Å². The Labute approximate surface area is 136 Å². The van der Waals surface area contributed by atoms with Crippen molar-refractivity contribution in [3.8, 4) is 0 Å². The van der Waals surface area contributed by atoms with E-state index in [1.807, 2.05) is 19.1 Å². The molecule has 9 heteroatoms. The number of aryl methyl sites for hydroxylation is 1. The number of amidine groups is 1. The predicted molar refractivity (Wildman–Crippen MR) is 87.5 cm³/mol. The Hall–Kier alpha value is -3.62. The SMILES string of the molecule is Cc1ccccc1N=NC(=NNc1cccc([N+](=O)[O-])c1)C(=O)O. The molecule has 0 unspecified atom stereocenters. The number of nitrogens with zero attached hydrogens (tertiary/aromatic N) is 4. The first-order valence-electron chi connectivity index (χ1n) is 6.76. The summed E-state index contributed by atoms with van der Waals surface area (Å²) < 4.78 is 0. The summed E-state index contributed by atoms with van der Waals surface area (Å²) in [5.41, 5.74) is 3.88. The molecule has 122 valence electrons. The Morgan fingerprint density at radius 2 is 1.96 bits per heavy atom. The lowest BCUT2D eigenvalue weighted by Crippen LogP contribution is -2.11. The third-order valence-corrected chi connectivity index (χ3v) is 2.91. The summed E-state index contributed by atoms with van der Waals surface area (Å²) in [6.07, 6.45) is 0. The van der Waals surface area contributed by atoms with Crippen molar-refractivity contribution in [1.29, 1.82) is 0 Å². The fourth-order valence-electron chi connectivity index (χ4n) is 1.70. The zero-order valence-corrected chi connectivity index (χ0v) is 12.6. The number of azo groups is 1. The van der Waals surface area contributed by atoms with E-state index in [2.05, 4.69) is 20.8 Å². The zero-order chi connectivity index (χ0) is 17.5.